The predicted molar refractivity (Wildman–Crippen MR) is 133 cm³/mol. The Morgan fingerprint density at radius 3 is 2.53 bits per heavy atom. The van der Waals surface area contributed by atoms with Crippen LogP contribution in [0.25, 0.3) is 16.9 Å². The number of ether oxygens (including phenoxy) is 2. The third kappa shape index (κ3) is 3.97. The summed E-state index contributed by atoms with van der Waals surface area (Å²) >= 11 is 0. The number of nitrogens with zero attached hydrogens (tertiary/aromatic N) is 7. The van der Waals surface area contributed by atoms with Crippen LogP contribution in [-0.2, 0) is 17.7 Å². The molecule has 4 aromatic rings. The second-order valence-electron chi connectivity index (χ2n) is 8.80. The molecule has 0 unspecified atom stereocenters. The van der Waals surface area contributed by atoms with Crippen molar-refractivity contribution in [2.24, 2.45) is 0 Å². The number of imidazole rings is 1. The van der Waals surface area contributed by atoms with Crippen molar-refractivity contribution < 1.29 is 14.3 Å². The number of nitrogens with two attached hydrogens (primary N) is 1. The number of methoxy groups -OCH3 is 1. The van der Waals surface area contributed by atoms with Gasteiger partial charge in [0.2, 0.25) is 5.95 Å². The molecule has 2 N–H and O–H groups in total. The van der Waals surface area contributed by atoms with E-state index in [9.17, 15) is 4.79 Å². The molecule has 36 heavy (non-hydrogen) atoms. The van der Waals surface area contributed by atoms with Crippen LogP contribution in [0, 0.1) is 0 Å². The summed E-state index contributed by atoms with van der Waals surface area (Å²) in [5.74, 6) is 1.63. The lowest BCUT2D eigenvalue weighted by atomic mass is 10.1. The monoisotopic (exact) mass is 486 g/mol. The van der Waals surface area contributed by atoms with Crippen molar-refractivity contribution in [3.63, 3.8) is 0 Å². The maximum atomic E-state index is 13.5. The van der Waals surface area contributed by atoms with Gasteiger partial charge >= 0.3 is 0 Å². The number of morpholine rings is 1. The summed E-state index contributed by atoms with van der Waals surface area (Å²) in [6.45, 7) is 3.72. The maximum Gasteiger partial charge on any atom is 0.274 e. The molecule has 0 saturated carbocycles. The fraction of sp³-hybridized carbons (Fsp3) is 0.320. The van der Waals surface area contributed by atoms with Crippen LogP contribution in [0.1, 0.15) is 21.7 Å². The molecule has 0 atom stereocenters. The highest BCUT2D eigenvalue weighted by Gasteiger charge is 2.31. The number of nitrogen functional groups attached to an aromatic ring is 1. The lowest BCUT2D eigenvalue weighted by Gasteiger charge is -2.28. The van der Waals surface area contributed by atoms with Gasteiger partial charge in [0.1, 0.15) is 5.75 Å². The van der Waals surface area contributed by atoms with E-state index in [2.05, 4.69) is 14.9 Å². The molecule has 184 valence electrons. The highest BCUT2D eigenvalue weighted by molar-refractivity contribution is 5.96. The Morgan fingerprint density at radius 2 is 1.81 bits per heavy atom. The molecule has 2 aliphatic rings. The van der Waals surface area contributed by atoms with Crippen LogP contribution < -0.4 is 15.4 Å². The lowest BCUT2D eigenvalue weighted by Crippen LogP contribution is -2.37. The molecule has 0 spiro atoms. The third-order valence-corrected chi connectivity index (χ3v) is 6.61. The van der Waals surface area contributed by atoms with Gasteiger partial charge in [0.25, 0.3) is 5.91 Å². The number of rotatable bonds is 5. The summed E-state index contributed by atoms with van der Waals surface area (Å²) in [7, 11) is 1.64. The normalized spacial score (nSPS) is 15.9. The van der Waals surface area contributed by atoms with Crippen LogP contribution in [0.5, 0.6) is 5.75 Å². The highest BCUT2D eigenvalue weighted by Crippen LogP contribution is 2.30. The van der Waals surface area contributed by atoms with Crippen molar-refractivity contribution >= 4 is 23.3 Å². The van der Waals surface area contributed by atoms with Crippen LogP contribution in [0.3, 0.4) is 0 Å². The zero-order valence-corrected chi connectivity index (χ0v) is 19.9. The van der Waals surface area contributed by atoms with E-state index in [0.29, 0.717) is 62.8 Å². The molecule has 0 radical (unpaired) electrons. The average Bonchev–Trinajstić information content (AvgIpc) is 3.30. The summed E-state index contributed by atoms with van der Waals surface area (Å²) in [6.07, 6.45) is 5.91. The van der Waals surface area contributed by atoms with Crippen LogP contribution in [0.2, 0.25) is 0 Å². The fourth-order valence-electron chi connectivity index (χ4n) is 4.68. The fourth-order valence-corrected chi connectivity index (χ4v) is 4.68. The quantitative estimate of drug-likeness (QED) is 0.450. The van der Waals surface area contributed by atoms with E-state index in [1.165, 1.54) is 0 Å². The van der Waals surface area contributed by atoms with E-state index in [1.807, 2.05) is 39.8 Å². The molecule has 11 heteroatoms. The van der Waals surface area contributed by atoms with Gasteiger partial charge in [-0.25, -0.2) is 19.9 Å². The van der Waals surface area contributed by atoms with Gasteiger partial charge < -0.3 is 25.0 Å². The van der Waals surface area contributed by atoms with Gasteiger partial charge in [-0.05, 0) is 17.7 Å². The first-order valence-corrected chi connectivity index (χ1v) is 11.9. The second kappa shape index (κ2) is 9.08. The molecule has 6 rings (SSSR count). The standard InChI is InChI=1S/C25H26N8O3/c1-35-18-4-2-16(3-5-18)14-32-7-6-20-21(24(32)34)30-23-22(31-8-10-36-11-9-31)29-19(15-33(20)23)17-12-27-25(26)28-13-17/h2-5,12-13,15H,6-11,14H2,1H3,(H2,26,27,28). The first-order chi connectivity index (χ1) is 17.6. The SMILES string of the molecule is COc1ccc(CN2CCc3c(nc4c(N5CCOCC5)nc(-c5cnc(N)nc5)cn34)C2=O)cc1. The van der Waals surface area contributed by atoms with E-state index in [4.69, 9.17) is 25.2 Å². The predicted octanol–water partition coefficient (Wildman–Crippen LogP) is 1.81. The molecule has 1 aromatic carbocycles. The average molecular weight is 487 g/mol. The van der Waals surface area contributed by atoms with Gasteiger partial charge in [0.05, 0.1) is 31.7 Å². The number of amides is 1. The smallest absolute Gasteiger partial charge is 0.274 e. The lowest BCUT2D eigenvalue weighted by molar-refractivity contribution is 0.0720. The third-order valence-electron chi connectivity index (χ3n) is 6.61. The maximum absolute atomic E-state index is 13.5. The minimum absolute atomic E-state index is 0.0823. The number of aromatic nitrogens is 5. The number of carbonyl (C=O) groups is 1. The van der Waals surface area contributed by atoms with E-state index in [1.54, 1.807) is 19.5 Å². The zero-order valence-electron chi connectivity index (χ0n) is 19.9. The Kier molecular flexibility index (Phi) is 5.61. The molecular formula is C25H26N8O3. The van der Waals surface area contributed by atoms with Crippen LogP contribution in [0.15, 0.2) is 42.9 Å². The summed E-state index contributed by atoms with van der Waals surface area (Å²) in [4.78, 5) is 35.5. The van der Waals surface area contributed by atoms with E-state index < -0.39 is 0 Å². The molecule has 1 saturated heterocycles. The summed E-state index contributed by atoms with van der Waals surface area (Å²) in [6, 6.07) is 7.77. The van der Waals surface area contributed by atoms with Gasteiger partial charge in [-0.2, -0.15) is 0 Å². The Bertz CT molecular complexity index is 1410. The Morgan fingerprint density at radius 1 is 1.06 bits per heavy atom. The molecule has 0 bridgehead atoms. The van der Waals surface area contributed by atoms with Gasteiger partial charge in [-0.15, -0.1) is 0 Å². The van der Waals surface area contributed by atoms with Crippen molar-refractivity contribution in [1.82, 2.24) is 29.2 Å². The second-order valence-corrected chi connectivity index (χ2v) is 8.80. The molecule has 1 amide bonds. The van der Waals surface area contributed by atoms with Crippen molar-refractivity contribution in [1.29, 1.82) is 0 Å². The largest absolute Gasteiger partial charge is 0.497 e. The van der Waals surface area contributed by atoms with Crippen LogP contribution in [0.4, 0.5) is 11.8 Å². The molecular weight excluding hydrogens is 460 g/mol. The number of fused-ring (bicyclic) bond motifs is 3. The van der Waals surface area contributed by atoms with Gasteiger partial charge in [0, 0.05) is 56.8 Å². The topological polar surface area (TPSA) is 124 Å². The van der Waals surface area contributed by atoms with Crippen LogP contribution >= 0.6 is 0 Å². The first-order valence-electron chi connectivity index (χ1n) is 11.9. The molecule has 0 aliphatic carbocycles. The van der Waals surface area contributed by atoms with E-state index in [-0.39, 0.29) is 11.9 Å². The number of benzene rings is 1. The number of hydrogen-bond donors (Lipinski definition) is 1. The van der Waals surface area contributed by atoms with Gasteiger partial charge in [-0.3, -0.25) is 9.20 Å². The number of carbonyl (C=O) groups excluding carboxylic acids is 1. The zero-order chi connectivity index (χ0) is 24.6. The number of hydrogen-bond acceptors (Lipinski definition) is 9. The summed E-state index contributed by atoms with van der Waals surface area (Å²) in [5, 5.41) is 0. The summed E-state index contributed by atoms with van der Waals surface area (Å²) in [5.41, 5.74) is 10.2. The van der Waals surface area contributed by atoms with Crippen molar-refractivity contribution in [3.8, 4) is 17.0 Å². The molecule has 3 aromatic heterocycles. The Hall–Kier alpha value is -4.25. The van der Waals surface area contributed by atoms with E-state index >= 15 is 0 Å². The first kappa shape index (κ1) is 22.2. The van der Waals surface area contributed by atoms with Crippen molar-refractivity contribution in [2.45, 2.75) is 13.0 Å². The summed E-state index contributed by atoms with van der Waals surface area (Å²) < 4.78 is 12.8. The minimum atomic E-state index is -0.0823. The van der Waals surface area contributed by atoms with Gasteiger partial charge in [-0.1, -0.05) is 12.1 Å². The molecule has 11 nitrogen and oxygen atoms in total. The van der Waals surface area contributed by atoms with E-state index in [0.717, 1.165) is 28.4 Å². The Labute approximate surface area is 207 Å². The minimum Gasteiger partial charge on any atom is -0.497 e. The molecule has 2 aliphatic heterocycles. The Balaban J connectivity index is 1.40. The highest BCUT2D eigenvalue weighted by atomic mass is 16.5. The number of anilines is 2. The molecule has 5 heterocycles. The van der Waals surface area contributed by atoms with Gasteiger partial charge in [0.15, 0.2) is 17.2 Å². The van der Waals surface area contributed by atoms with Crippen LogP contribution in [-0.4, -0.2) is 75.1 Å². The molecule has 1 fully saturated rings. The van der Waals surface area contributed by atoms with Crippen molar-refractivity contribution in [2.75, 3.05) is 50.6 Å². The van der Waals surface area contributed by atoms with Crippen molar-refractivity contribution in [3.05, 3.63) is 59.8 Å².